The van der Waals surface area contributed by atoms with Crippen molar-refractivity contribution in [2.24, 2.45) is 5.92 Å². The van der Waals surface area contributed by atoms with Crippen molar-refractivity contribution in [3.63, 3.8) is 0 Å². The molecule has 1 aliphatic rings. The number of aliphatic hydroxyl groups is 2. The molecule has 0 radical (unpaired) electrons. The summed E-state index contributed by atoms with van der Waals surface area (Å²) in [6.07, 6.45) is 4.15. The van der Waals surface area contributed by atoms with Crippen LogP contribution in [0.1, 0.15) is 44.0 Å². The van der Waals surface area contributed by atoms with Crippen molar-refractivity contribution in [1.82, 2.24) is 5.32 Å². The first-order valence-corrected chi connectivity index (χ1v) is 7.07. The average Bonchev–Trinajstić information content (AvgIpc) is 2.47. The molecule has 20 heavy (non-hydrogen) atoms. The van der Waals surface area contributed by atoms with Gasteiger partial charge >= 0.3 is 6.09 Å². The van der Waals surface area contributed by atoms with Gasteiger partial charge in [-0.05, 0) is 30.9 Å². The molecule has 0 heterocycles. The summed E-state index contributed by atoms with van der Waals surface area (Å²) in [4.78, 5) is 11.6. The third-order valence-corrected chi connectivity index (χ3v) is 3.65. The Bertz CT molecular complexity index is 424. The number of rotatable bonds is 4. The Morgan fingerprint density at radius 3 is 2.45 bits per heavy atom. The Labute approximate surface area is 118 Å². The van der Waals surface area contributed by atoms with Gasteiger partial charge in [0.2, 0.25) is 0 Å². The molecule has 1 aliphatic carbocycles. The predicted molar refractivity (Wildman–Crippen MR) is 74.2 cm³/mol. The smallest absolute Gasteiger partial charge is 0.410 e. The fourth-order valence-electron chi connectivity index (χ4n) is 2.47. The minimum atomic E-state index is -1.51. The summed E-state index contributed by atoms with van der Waals surface area (Å²) in [5.41, 5.74) is 0.361. The molecule has 1 amide bonds. The minimum Gasteiger partial charge on any atom is -0.410 e. The monoisotopic (exact) mass is 279 g/mol. The molecule has 1 fully saturated rings. The number of amides is 1. The van der Waals surface area contributed by atoms with Crippen LogP contribution in [0, 0.1) is 5.92 Å². The Balaban J connectivity index is 1.75. The van der Waals surface area contributed by atoms with E-state index in [2.05, 4.69) is 5.32 Å². The Hall–Kier alpha value is -1.59. The molecular formula is C15H21NO4. The summed E-state index contributed by atoms with van der Waals surface area (Å²) < 4.78 is 5.13. The molecule has 3 N–H and O–H groups in total. The second-order valence-corrected chi connectivity index (χ2v) is 5.22. The third-order valence-electron chi connectivity index (χ3n) is 3.65. The summed E-state index contributed by atoms with van der Waals surface area (Å²) in [5.74, 6) is 0.943. The number of ether oxygens (including phenoxy) is 1. The van der Waals surface area contributed by atoms with Gasteiger partial charge in [-0.3, -0.25) is 0 Å². The molecule has 0 saturated heterocycles. The first-order chi connectivity index (χ1) is 9.65. The summed E-state index contributed by atoms with van der Waals surface area (Å²) in [7, 11) is 0. The molecule has 5 nitrogen and oxygen atoms in total. The van der Waals surface area contributed by atoms with E-state index in [9.17, 15) is 4.79 Å². The predicted octanol–water partition coefficient (Wildman–Crippen LogP) is 2.34. The maximum absolute atomic E-state index is 11.6. The van der Waals surface area contributed by atoms with Crippen molar-refractivity contribution in [1.29, 1.82) is 0 Å². The van der Waals surface area contributed by atoms with Crippen LogP contribution in [0.5, 0.6) is 5.75 Å². The van der Waals surface area contributed by atoms with E-state index in [-0.39, 0.29) is 0 Å². The highest BCUT2D eigenvalue weighted by atomic mass is 16.6. The molecule has 0 aliphatic heterocycles. The Kier molecular flexibility index (Phi) is 5.38. The summed E-state index contributed by atoms with van der Waals surface area (Å²) in [6.45, 7) is 0.659. The van der Waals surface area contributed by atoms with E-state index in [1.807, 2.05) is 0 Å². The molecular weight excluding hydrogens is 258 g/mol. The molecule has 1 aromatic rings. The zero-order valence-corrected chi connectivity index (χ0v) is 11.4. The molecule has 5 heteroatoms. The zero-order valence-electron chi connectivity index (χ0n) is 11.4. The zero-order chi connectivity index (χ0) is 14.4. The highest BCUT2D eigenvalue weighted by molar-refractivity contribution is 5.70. The Morgan fingerprint density at radius 2 is 1.85 bits per heavy atom. The number of aliphatic hydroxyl groups excluding tert-OH is 1. The lowest BCUT2D eigenvalue weighted by Crippen LogP contribution is -2.32. The highest BCUT2D eigenvalue weighted by Gasteiger charge is 2.14. The fourth-order valence-corrected chi connectivity index (χ4v) is 2.47. The summed E-state index contributed by atoms with van der Waals surface area (Å²) >= 11 is 0. The Morgan fingerprint density at radius 1 is 1.20 bits per heavy atom. The van der Waals surface area contributed by atoms with Gasteiger partial charge in [-0.15, -0.1) is 0 Å². The van der Waals surface area contributed by atoms with Crippen LogP contribution in [-0.2, 0) is 0 Å². The lowest BCUT2D eigenvalue weighted by Gasteiger charge is -2.21. The standard InChI is InChI=1S/C15H21NO4/c17-14(18)12-6-8-13(9-7-12)20-15(19)16-10-11-4-2-1-3-5-11/h6-9,11,14,17-18H,1-5,10H2,(H,16,19). The molecule has 0 bridgehead atoms. The molecule has 1 saturated carbocycles. The van der Waals surface area contributed by atoms with E-state index in [0.717, 1.165) is 0 Å². The number of benzene rings is 1. The lowest BCUT2D eigenvalue weighted by molar-refractivity contribution is -0.0424. The lowest BCUT2D eigenvalue weighted by atomic mass is 9.89. The minimum absolute atomic E-state index is 0.361. The van der Waals surface area contributed by atoms with E-state index < -0.39 is 12.4 Å². The number of nitrogens with one attached hydrogen (secondary N) is 1. The maximum Gasteiger partial charge on any atom is 0.412 e. The van der Waals surface area contributed by atoms with E-state index in [0.29, 0.717) is 23.8 Å². The van der Waals surface area contributed by atoms with Gasteiger partial charge in [0.1, 0.15) is 5.75 Å². The van der Waals surface area contributed by atoms with Crippen molar-refractivity contribution in [2.75, 3.05) is 6.54 Å². The summed E-state index contributed by atoms with van der Waals surface area (Å²) in [6, 6.07) is 6.09. The topological polar surface area (TPSA) is 78.8 Å². The molecule has 0 aromatic heterocycles. The van der Waals surface area contributed by atoms with Gasteiger partial charge in [0.25, 0.3) is 0 Å². The van der Waals surface area contributed by atoms with Gasteiger partial charge < -0.3 is 20.3 Å². The van der Waals surface area contributed by atoms with Crippen LogP contribution in [0.25, 0.3) is 0 Å². The molecule has 0 atom stereocenters. The van der Waals surface area contributed by atoms with Gasteiger partial charge in [0.15, 0.2) is 6.29 Å². The molecule has 2 rings (SSSR count). The van der Waals surface area contributed by atoms with Crippen LogP contribution >= 0.6 is 0 Å². The van der Waals surface area contributed by atoms with Gasteiger partial charge in [-0.1, -0.05) is 31.4 Å². The average molecular weight is 279 g/mol. The van der Waals surface area contributed by atoms with E-state index >= 15 is 0 Å². The number of hydrogen-bond acceptors (Lipinski definition) is 4. The normalized spacial score (nSPS) is 16.1. The van der Waals surface area contributed by atoms with Crippen LogP contribution in [0.15, 0.2) is 24.3 Å². The van der Waals surface area contributed by atoms with Crippen LogP contribution in [-0.4, -0.2) is 22.9 Å². The van der Waals surface area contributed by atoms with Gasteiger partial charge in [-0.2, -0.15) is 0 Å². The first-order valence-electron chi connectivity index (χ1n) is 7.07. The van der Waals surface area contributed by atoms with Crippen molar-refractivity contribution < 1.29 is 19.7 Å². The van der Waals surface area contributed by atoms with E-state index in [1.54, 1.807) is 0 Å². The van der Waals surface area contributed by atoms with Crippen LogP contribution in [0.3, 0.4) is 0 Å². The van der Waals surface area contributed by atoms with Crippen LogP contribution < -0.4 is 10.1 Å². The molecule has 0 unspecified atom stereocenters. The fraction of sp³-hybridized carbons (Fsp3) is 0.533. The van der Waals surface area contributed by atoms with Crippen molar-refractivity contribution >= 4 is 6.09 Å². The first kappa shape index (κ1) is 14.8. The van der Waals surface area contributed by atoms with Crippen molar-refractivity contribution in [3.05, 3.63) is 29.8 Å². The second kappa shape index (κ2) is 7.26. The second-order valence-electron chi connectivity index (χ2n) is 5.22. The largest absolute Gasteiger partial charge is 0.412 e. The quantitative estimate of drug-likeness (QED) is 0.739. The summed E-state index contributed by atoms with van der Waals surface area (Å²) in [5, 5.41) is 20.7. The van der Waals surface area contributed by atoms with Crippen LogP contribution in [0.4, 0.5) is 4.79 Å². The molecule has 110 valence electrons. The van der Waals surface area contributed by atoms with Gasteiger partial charge in [-0.25, -0.2) is 4.79 Å². The van der Waals surface area contributed by atoms with Crippen molar-refractivity contribution in [3.8, 4) is 5.75 Å². The number of carbonyl (C=O) groups is 1. The molecule has 0 spiro atoms. The maximum atomic E-state index is 11.6. The molecule has 1 aromatic carbocycles. The van der Waals surface area contributed by atoms with Crippen molar-refractivity contribution in [2.45, 2.75) is 38.4 Å². The SMILES string of the molecule is O=C(NCC1CCCCC1)Oc1ccc(C(O)O)cc1. The van der Waals surface area contributed by atoms with Gasteiger partial charge in [0, 0.05) is 12.1 Å². The van der Waals surface area contributed by atoms with Gasteiger partial charge in [0.05, 0.1) is 0 Å². The van der Waals surface area contributed by atoms with E-state index in [4.69, 9.17) is 14.9 Å². The number of carbonyl (C=O) groups excluding carboxylic acids is 1. The highest BCUT2D eigenvalue weighted by Crippen LogP contribution is 2.22. The number of hydrogen-bond donors (Lipinski definition) is 3. The third kappa shape index (κ3) is 4.51. The van der Waals surface area contributed by atoms with E-state index in [1.165, 1.54) is 56.4 Å². The van der Waals surface area contributed by atoms with Crippen LogP contribution in [0.2, 0.25) is 0 Å².